The molecule has 82 valence electrons. The summed E-state index contributed by atoms with van der Waals surface area (Å²) in [6.45, 7) is 8.51. The van der Waals surface area contributed by atoms with Gasteiger partial charge >= 0.3 is 6.09 Å². The largest absolute Gasteiger partial charge is 0.416 e. The first-order chi connectivity index (χ1) is 6.92. The first-order valence-electron chi connectivity index (χ1n) is 4.34. The third-order valence-electron chi connectivity index (χ3n) is 1.60. The Balaban J connectivity index is 2.64. The average Bonchev–Trinajstić information content (AvgIpc) is 2.51. The highest BCUT2D eigenvalue weighted by Gasteiger charge is 2.28. The molecule has 0 aliphatic carbocycles. The zero-order chi connectivity index (χ0) is 11.5. The SMILES string of the molecule is C=C(C)OC(=O)NC(C)(C)c1ncon1. The van der Waals surface area contributed by atoms with Crippen molar-refractivity contribution in [2.75, 3.05) is 0 Å². The molecule has 0 radical (unpaired) electrons. The number of carbonyl (C=O) groups is 1. The quantitative estimate of drug-likeness (QED) is 0.768. The summed E-state index contributed by atoms with van der Waals surface area (Å²) in [6.07, 6.45) is 0.598. The van der Waals surface area contributed by atoms with Crippen molar-refractivity contribution < 1.29 is 14.1 Å². The Morgan fingerprint density at radius 2 is 2.33 bits per heavy atom. The molecule has 0 saturated carbocycles. The molecule has 0 aromatic carbocycles. The van der Waals surface area contributed by atoms with Crippen molar-refractivity contribution in [2.24, 2.45) is 0 Å². The summed E-state index contributed by atoms with van der Waals surface area (Å²) >= 11 is 0. The number of amides is 1. The van der Waals surface area contributed by atoms with Gasteiger partial charge in [0.15, 0.2) is 5.82 Å². The molecule has 1 heterocycles. The maximum Gasteiger partial charge on any atom is 0.413 e. The fraction of sp³-hybridized carbons (Fsp3) is 0.444. The molecule has 0 spiro atoms. The summed E-state index contributed by atoms with van der Waals surface area (Å²) in [7, 11) is 0. The minimum absolute atomic E-state index is 0.316. The van der Waals surface area contributed by atoms with E-state index in [0.717, 1.165) is 0 Å². The number of hydrogen-bond donors (Lipinski definition) is 1. The summed E-state index contributed by atoms with van der Waals surface area (Å²) in [5.74, 6) is 0.692. The number of ether oxygens (including phenoxy) is 1. The van der Waals surface area contributed by atoms with E-state index in [1.54, 1.807) is 20.8 Å². The first kappa shape index (κ1) is 11.2. The molecule has 15 heavy (non-hydrogen) atoms. The predicted molar refractivity (Wildman–Crippen MR) is 51.8 cm³/mol. The zero-order valence-corrected chi connectivity index (χ0v) is 8.90. The first-order valence-corrected chi connectivity index (χ1v) is 4.34. The van der Waals surface area contributed by atoms with Crippen molar-refractivity contribution in [1.82, 2.24) is 15.5 Å². The Morgan fingerprint density at radius 1 is 1.67 bits per heavy atom. The molecule has 0 atom stereocenters. The summed E-state index contributed by atoms with van der Waals surface area (Å²) in [6, 6.07) is 0. The van der Waals surface area contributed by atoms with Crippen molar-refractivity contribution in [2.45, 2.75) is 26.3 Å². The number of aromatic nitrogens is 2. The molecule has 1 rings (SSSR count). The van der Waals surface area contributed by atoms with E-state index >= 15 is 0 Å². The number of nitrogens with one attached hydrogen (secondary N) is 1. The van der Waals surface area contributed by atoms with Crippen LogP contribution in [0, 0.1) is 0 Å². The molecular weight excluding hydrogens is 198 g/mol. The van der Waals surface area contributed by atoms with E-state index in [4.69, 9.17) is 4.74 Å². The molecule has 1 aromatic heterocycles. The van der Waals surface area contributed by atoms with E-state index in [1.807, 2.05) is 0 Å². The molecule has 0 bridgehead atoms. The van der Waals surface area contributed by atoms with Gasteiger partial charge in [0.2, 0.25) is 6.39 Å². The number of rotatable bonds is 3. The lowest BCUT2D eigenvalue weighted by molar-refractivity contribution is 0.163. The molecule has 6 nitrogen and oxygen atoms in total. The van der Waals surface area contributed by atoms with Gasteiger partial charge < -0.3 is 14.6 Å². The number of carbonyl (C=O) groups excluding carboxylic acids is 1. The predicted octanol–water partition coefficient (Wildman–Crippen LogP) is 1.56. The van der Waals surface area contributed by atoms with Gasteiger partial charge in [-0.2, -0.15) is 4.98 Å². The van der Waals surface area contributed by atoms with Crippen molar-refractivity contribution in [3.05, 3.63) is 24.6 Å². The van der Waals surface area contributed by atoms with Crippen LogP contribution in [0.3, 0.4) is 0 Å². The van der Waals surface area contributed by atoms with E-state index in [9.17, 15) is 4.79 Å². The van der Waals surface area contributed by atoms with Crippen LogP contribution < -0.4 is 5.32 Å². The van der Waals surface area contributed by atoms with E-state index in [1.165, 1.54) is 6.39 Å². The minimum Gasteiger partial charge on any atom is -0.416 e. The van der Waals surface area contributed by atoms with Crippen LogP contribution in [0.15, 0.2) is 23.3 Å². The minimum atomic E-state index is -0.750. The molecule has 0 unspecified atom stereocenters. The summed E-state index contributed by atoms with van der Waals surface area (Å²) in [5.41, 5.74) is -0.750. The smallest absolute Gasteiger partial charge is 0.413 e. The van der Waals surface area contributed by atoms with E-state index in [2.05, 4.69) is 26.6 Å². The van der Waals surface area contributed by atoms with Crippen LogP contribution in [0.25, 0.3) is 0 Å². The molecule has 1 N–H and O–H groups in total. The van der Waals surface area contributed by atoms with Crippen LogP contribution in [0.1, 0.15) is 26.6 Å². The monoisotopic (exact) mass is 211 g/mol. The average molecular weight is 211 g/mol. The van der Waals surface area contributed by atoms with Crippen LogP contribution in [-0.2, 0) is 10.3 Å². The molecule has 6 heteroatoms. The fourth-order valence-electron chi connectivity index (χ4n) is 0.941. The zero-order valence-electron chi connectivity index (χ0n) is 8.90. The number of nitrogens with zero attached hydrogens (tertiary/aromatic N) is 2. The van der Waals surface area contributed by atoms with Gasteiger partial charge in [0.05, 0.1) is 5.76 Å². The van der Waals surface area contributed by atoms with Crippen LogP contribution in [0.4, 0.5) is 4.79 Å². The molecule has 1 aromatic rings. The number of alkyl carbamates (subject to hydrolysis) is 1. The van der Waals surface area contributed by atoms with Gasteiger partial charge in [-0.1, -0.05) is 11.7 Å². The lowest BCUT2D eigenvalue weighted by Crippen LogP contribution is -2.41. The van der Waals surface area contributed by atoms with Gasteiger partial charge in [0.1, 0.15) is 5.54 Å². The van der Waals surface area contributed by atoms with Crippen molar-refractivity contribution >= 4 is 6.09 Å². The van der Waals surface area contributed by atoms with Gasteiger partial charge in [0.25, 0.3) is 0 Å². The van der Waals surface area contributed by atoms with E-state index in [-0.39, 0.29) is 0 Å². The van der Waals surface area contributed by atoms with Gasteiger partial charge in [-0.05, 0) is 20.8 Å². The third-order valence-corrected chi connectivity index (χ3v) is 1.60. The second-order valence-electron chi connectivity index (χ2n) is 3.60. The highest BCUT2D eigenvalue weighted by Crippen LogP contribution is 2.15. The number of allylic oxidation sites excluding steroid dienone is 1. The standard InChI is InChI=1S/C9H13N3O3/c1-6(2)15-8(13)11-9(3,4)7-10-5-14-12-7/h5H,1H2,2-4H3,(H,11,13). The van der Waals surface area contributed by atoms with Crippen LogP contribution >= 0.6 is 0 Å². The summed E-state index contributed by atoms with van der Waals surface area (Å²) in [4.78, 5) is 15.1. The summed E-state index contributed by atoms with van der Waals surface area (Å²) < 4.78 is 9.35. The van der Waals surface area contributed by atoms with Crippen LogP contribution in [0.2, 0.25) is 0 Å². The Kier molecular flexibility index (Phi) is 3.08. The third kappa shape index (κ3) is 3.08. The van der Waals surface area contributed by atoms with Gasteiger partial charge in [-0.25, -0.2) is 4.79 Å². The molecule has 0 aliphatic heterocycles. The lowest BCUT2D eigenvalue weighted by Gasteiger charge is -2.21. The van der Waals surface area contributed by atoms with Crippen LogP contribution in [-0.4, -0.2) is 16.2 Å². The van der Waals surface area contributed by atoms with Crippen LogP contribution in [0.5, 0.6) is 0 Å². The van der Waals surface area contributed by atoms with Gasteiger partial charge in [-0.3, -0.25) is 0 Å². The highest BCUT2D eigenvalue weighted by molar-refractivity contribution is 5.69. The van der Waals surface area contributed by atoms with E-state index in [0.29, 0.717) is 11.6 Å². The Hall–Kier alpha value is -1.85. The van der Waals surface area contributed by atoms with Crippen molar-refractivity contribution in [3.63, 3.8) is 0 Å². The number of hydrogen-bond acceptors (Lipinski definition) is 5. The molecule has 1 amide bonds. The van der Waals surface area contributed by atoms with E-state index < -0.39 is 11.6 Å². The fourth-order valence-corrected chi connectivity index (χ4v) is 0.941. The second kappa shape index (κ2) is 4.12. The second-order valence-corrected chi connectivity index (χ2v) is 3.60. The maximum atomic E-state index is 11.3. The molecular formula is C9H13N3O3. The highest BCUT2D eigenvalue weighted by atomic mass is 16.6. The van der Waals surface area contributed by atoms with Gasteiger partial charge in [0, 0.05) is 0 Å². The topological polar surface area (TPSA) is 77.2 Å². The Bertz CT molecular complexity index is 357. The van der Waals surface area contributed by atoms with Crippen molar-refractivity contribution in [3.8, 4) is 0 Å². The molecule has 0 saturated heterocycles. The maximum absolute atomic E-state index is 11.3. The van der Waals surface area contributed by atoms with Gasteiger partial charge in [-0.15, -0.1) is 0 Å². The van der Waals surface area contributed by atoms with Crippen molar-refractivity contribution in [1.29, 1.82) is 0 Å². The Labute approximate surface area is 87.3 Å². The summed E-state index contributed by atoms with van der Waals surface area (Å²) in [5, 5.41) is 6.22. The Morgan fingerprint density at radius 3 is 2.80 bits per heavy atom. The normalized spacial score (nSPS) is 10.9. The molecule has 0 aliphatic rings. The molecule has 0 fully saturated rings. The lowest BCUT2D eigenvalue weighted by atomic mass is 10.1.